The van der Waals surface area contributed by atoms with Crippen molar-refractivity contribution in [1.82, 2.24) is 4.90 Å². The number of benzene rings is 4. The van der Waals surface area contributed by atoms with Crippen LogP contribution in [0.5, 0.6) is 0 Å². The van der Waals surface area contributed by atoms with E-state index in [1.165, 1.54) is 16.7 Å². The number of hydrogen-bond acceptors (Lipinski definition) is 3. The lowest BCUT2D eigenvalue weighted by atomic mass is 9.91. The topological polar surface area (TPSA) is 43.8 Å². The minimum Gasteiger partial charge on any atom is -0.386 e. The second kappa shape index (κ2) is 13.8. The molecule has 0 fully saturated rings. The molecule has 39 heavy (non-hydrogen) atoms. The summed E-state index contributed by atoms with van der Waals surface area (Å²) in [7, 11) is 1.80. The van der Waals surface area contributed by atoms with Crippen LogP contribution in [0.25, 0.3) is 0 Å². The summed E-state index contributed by atoms with van der Waals surface area (Å²) in [6, 6.07) is 38.9. The predicted molar refractivity (Wildman–Crippen MR) is 160 cm³/mol. The van der Waals surface area contributed by atoms with E-state index in [4.69, 9.17) is 0 Å². The van der Waals surface area contributed by atoms with Gasteiger partial charge in [-0.15, -0.1) is 0 Å². The minimum atomic E-state index is -0.729. The number of anilines is 1. The van der Waals surface area contributed by atoms with Crippen molar-refractivity contribution in [2.24, 2.45) is 0 Å². The SMILES string of the molecule is CCC(CC(=O)N(C)[C@H](C)[C@@H](O)c1ccccc1)c1cccc(N(Cc2ccccc2)Cc2ccccc2)c1. The van der Waals surface area contributed by atoms with Gasteiger partial charge in [-0.05, 0) is 53.6 Å². The fourth-order valence-electron chi connectivity index (χ4n) is 5.04. The van der Waals surface area contributed by atoms with Crippen molar-refractivity contribution in [3.8, 4) is 0 Å². The van der Waals surface area contributed by atoms with Crippen LogP contribution in [-0.2, 0) is 17.9 Å². The van der Waals surface area contributed by atoms with E-state index in [1.807, 2.05) is 49.4 Å². The number of rotatable bonds is 12. The summed E-state index contributed by atoms with van der Waals surface area (Å²) in [5, 5.41) is 10.9. The maximum Gasteiger partial charge on any atom is 0.223 e. The minimum absolute atomic E-state index is 0.0418. The molecule has 0 aliphatic heterocycles. The number of carbonyl (C=O) groups excluding carboxylic acids is 1. The standard InChI is InChI=1S/C35H40N2O2/c1-4-30(24-34(38)36(3)27(2)35(39)31-19-12-7-13-20-31)32-21-14-22-33(23-32)37(25-28-15-8-5-9-16-28)26-29-17-10-6-11-18-29/h5-23,27,30,35,39H,4,24-26H2,1-3H3/t27-,30?,35-/m1/s1. The zero-order valence-electron chi connectivity index (χ0n) is 23.3. The average Bonchev–Trinajstić information content (AvgIpc) is 2.99. The Morgan fingerprint density at radius 1 is 0.744 bits per heavy atom. The van der Waals surface area contributed by atoms with Gasteiger partial charge in [-0.3, -0.25) is 4.79 Å². The molecule has 1 unspecified atom stereocenters. The lowest BCUT2D eigenvalue weighted by Crippen LogP contribution is -2.39. The van der Waals surface area contributed by atoms with Gasteiger partial charge in [0, 0.05) is 32.2 Å². The van der Waals surface area contributed by atoms with Crippen LogP contribution >= 0.6 is 0 Å². The summed E-state index contributed by atoms with van der Waals surface area (Å²) in [6.45, 7) is 5.64. The van der Waals surface area contributed by atoms with E-state index in [2.05, 4.69) is 84.6 Å². The first-order valence-corrected chi connectivity index (χ1v) is 13.9. The number of nitrogens with zero attached hydrogens (tertiary/aromatic N) is 2. The molecule has 0 heterocycles. The molecule has 0 bridgehead atoms. The molecule has 202 valence electrons. The second-order valence-corrected chi connectivity index (χ2v) is 10.3. The first-order valence-electron chi connectivity index (χ1n) is 13.9. The van der Waals surface area contributed by atoms with E-state index >= 15 is 0 Å². The molecule has 3 atom stereocenters. The van der Waals surface area contributed by atoms with Crippen molar-refractivity contribution in [1.29, 1.82) is 0 Å². The molecule has 0 saturated carbocycles. The molecule has 4 heteroatoms. The van der Waals surface area contributed by atoms with E-state index < -0.39 is 6.10 Å². The number of amides is 1. The van der Waals surface area contributed by atoms with Gasteiger partial charge in [-0.2, -0.15) is 0 Å². The Bertz CT molecular complexity index is 1250. The molecule has 4 aromatic rings. The molecule has 0 aliphatic rings. The van der Waals surface area contributed by atoms with Crippen molar-refractivity contribution in [2.75, 3.05) is 11.9 Å². The first kappa shape index (κ1) is 28.1. The molecule has 0 aromatic heterocycles. The Morgan fingerprint density at radius 3 is 1.79 bits per heavy atom. The van der Waals surface area contributed by atoms with Crippen LogP contribution in [0, 0.1) is 0 Å². The largest absolute Gasteiger partial charge is 0.386 e. The van der Waals surface area contributed by atoms with Gasteiger partial charge < -0.3 is 14.9 Å². The van der Waals surface area contributed by atoms with Gasteiger partial charge in [0.15, 0.2) is 0 Å². The molecule has 4 rings (SSSR count). The summed E-state index contributed by atoms with van der Waals surface area (Å²) in [6.07, 6.45) is 0.531. The number of hydrogen-bond donors (Lipinski definition) is 1. The molecular formula is C35H40N2O2. The Labute approximate surface area is 233 Å². The van der Waals surface area contributed by atoms with E-state index in [0.29, 0.717) is 6.42 Å². The highest BCUT2D eigenvalue weighted by Gasteiger charge is 2.26. The van der Waals surface area contributed by atoms with Crippen molar-refractivity contribution in [2.45, 2.75) is 57.8 Å². The first-order chi connectivity index (χ1) is 19.0. The highest BCUT2D eigenvalue weighted by Crippen LogP contribution is 2.30. The van der Waals surface area contributed by atoms with Gasteiger partial charge in [0.2, 0.25) is 5.91 Å². The highest BCUT2D eigenvalue weighted by molar-refractivity contribution is 5.77. The van der Waals surface area contributed by atoms with Crippen LogP contribution in [0.2, 0.25) is 0 Å². The normalized spacial score (nSPS) is 13.3. The van der Waals surface area contributed by atoms with Gasteiger partial charge in [0.1, 0.15) is 0 Å². The number of carbonyl (C=O) groups is 1. The van der Waals surface area contributed by atoms with Gasteiger partial charge >= 0.3 is 0 Å². The third kappa shape index (κ3) is 7.58. The summed E-state index contributed by atoms with van der Waals surface area (Å²) in [5.41, 5.74) is 5.65. The Morgan fingerprint density at radius 2 is 1.26 bits per heavy atom. The fraction of sp³-hybridized carbons (Fsp3) is 0.286. The smallest absolute Gasteiger partial charge is 0.223 e. The number of likely N-dealkylation sites (N-methyl/N-ethyl adjacent to an activating group) is 1. The van der Waals surface area contributed by atoms with Crippen molar-refractivity contribution in [3.05, 3.63) is 138 Å². The Kier molecular flexibility index (Phi) is 9.93. The van der Waals surface area contributed by atoms with E-state index in [-0.39, 0.29) is 17.9 Å². The van der Waals surface area contributed by atoms with Crippen molar-refractivity contribution in [3.63, 3.8) is 0 Å². The van der Waals surface area contributed by atoms with Crippen LogP contribution < -0.4 is 4.90 Å². The van der Waals surface area contributed by atoms with Crippen LogP contribution in [0.3, 0.4) is 0 Å². The van der Waals surface area contributed by atoms with Crippen LogP contribution in [-0.4, -0.2) is 29.0 Å². The number of aliphatic hydroxyl groups is 1. The van der Waals surface area contributed by atoms with Gasteiger partial charge in [-0.25, -0.2) is 0 Å². The zero-order chi connectivity index (χ0) is 27.6. The molecule has 0 aliphatic carbocycles. The lowest BCUT2D eigenvalue weighted by molar-refractivity contribution is -0.134. The fourth-order valence-corrected chi connectivity index (χ4v) is 5.04. The molecule has 4 nitrogen and oxygen atoms in total. The molecule has 0 spiro atoms. The van der Waals surface area contributed by atoms with Crippen LogP contribution in [0.4, 0.5) is 5.69 Å². The molecule has 1 N–H and O–H groups in total. The molecule has 1 amide bonds. The number of aliphatic hydroxyl groups excluding tert-OH is 1. The third-order valence-corrected chi connectivity index (χ3v) is 7.66. The van der Waals surface area contributed by atoms with E-state index in [1.54, 1.807) is 11.9 Å². The van der Waals surface area contributed by atoms with Crippen LogP contribution in [0.15, 0.2) is 115 Å². The van der Waals surface area contributed by atoms with Gasteiger partial charge in [0.25, 0.3) is 0 Å². The van der Waals surface area contributed by atoms with Crippen molar-refractivity contribution < 1.29 is 9.90 Å². The summed E-state index contributed by atoms with van der Waals surface area (Å²) in [4.78, 5) is 17.5. The zero-order valence-corrected chi connectivity index (χ0v) is 23.3. The van der Waals surface area contributed by atoms with Crippen LogP contribution in [0.1, 0.15) is 61.0 Å². The van der Waals surface area contributed by atoms with E-state index in [0.717, 1.165) is 30.8 Å². The molecule has 0 radical (unpaired) electrons. The summed E-state index contributed by atoms with van der Waals surface area (Å²) < 4.78 is 0. The Balaban J connectivity index is 1.51. The monoisotopic (exact) mass is 520 g/mol. The van der Waals surface area contributed by atoms with E-state index in [9.17, 15) is 9.90 Å². The van der Waals surface area contributed by atoms with Crippen molar-refractivity contribution >= 4 is 11.6 Å². The maximum absolute atomic E-state index is 13.4. The van der Waals surface area contributed by atoms with Gasteiger partial charge in [0.05, 0.1) is 12.1 Å². The predicted octanol–water partition coefficient (Wildman–Crippen LogP) is 7.36. The second-order valence-electron chi connectivity index (χ2n) is 10.3. The molecule has 4 aromatic carbocycles. The lowest BCUT2D eigenvalue weighted by Gasteiger charge is -2.31. The quantitative estimate of drug-likeness (QED) is 0.212. The summed E-state index contributed by atoms with van der Waals surface area (Å²) in [5.74, 6) is 0.136. The highest BCUT2D eigenvalue weighted by atomic mass is 16.3. The molecular weight excluding hydrogens is 480 g/mol. The Hall–Kier alpha value is -3.89. The average molecular weight is 521 g/mol. The maximum atomic E-state index is 13.4. The van der Waals surface area contributed by atoms with Gasteiger partial charge in [-0.1, -0.05) is 110 Å². The molecule has 0 saturated heterocycles. The summed E-state index contributed by atoms with van der Waals surface area (Å²) >= 11 is 0. The third-order valence-electron chi connectivity index (χ3n) is 7.66.